The number of rotatable bonds is 9. The van der Waals surface area contributed by atoms with E-state index in [0.717, 1.165) is 31.5 Å². The van der Waals surface area contributed by atoms with E-state index in [1.807, 2.05) is 29.2 Å². The van der Waals surface area contributed by atoms with Gasteiger partial charge in [0.05, 0.1) is 0 Å². The molecule has 1 rings (SSSR count). The molecule has 0 aromatic heterocycles. The van der Waals surface area contributed by atoms with Crippen LogP contribution in [0.15, 0.2) is 24.3 Å². The van der Waals surface area contributed by atoms with Crippen molar-refractivity contribution in [3.8, 4) is 0 Å². The van der Waals surface area contributed by atoms with E-state index in [4.69, 9.17) is 11.6 Å². The Labute approximate surface area is 144 Å². The van der Waals surface area contributed by atoms with Crippen LogP contribution < -0.4 is 0 Å². The van der Waals surface area contributed by atoms with Crippen LogP contribution in [0.4, 0.5) is 0 Å². The van der Waals surface area contributed by atoms with Crippen molar-refractivity contribution in [3.05, 3.63) is 34.9 Å². The van der Waals surface area contributed by atoms with E-state index < -0.39 is 0 Å². The van der Waals surface area contributed by atoms with Crippen molar-refractivity contribution in [1.29, 1.82) is 0 Å². The Morgan fingerprint density at radius 2 is 1.61 bits per heavy atom. The quantitative estimate of drug-likeness (QED) is 0.688. The lowest BCUT2D eigenvalue weighted by Gasteiger charge is -2.25. The van der Waals surface area contributed by atoms with E-state index in [1.54, 1.807) is 4.90 Å². The number of carbonyl (C=O) groups excluding carboxylic acids is 2. The lowest BCUT2D eigenvalue weighted by molar-refractivity contribution is -0.133. The number of benzene rings is 1. The molecule has 0 fully saturated rings. The van der Waals surface area contributed by atoms with Crippen molar-refractivity contribution in [3.63, 3.8) is 0 Å². The predicted octanol–water partition coefficient (Wildman–Crippen LogP) is 3.73. The maximum absolute atomic E-state index is 12.3. The second-order valence-corrected chi connectivity index (χ2v) is 6.07. The van der Waals surface area contributed by atoms with Gasteiger partial charge in [0.1, 0.15) is 0 Å². The van der Waals surface area contributed by atoms with Crippen LogP contribution >= 0.6 is 11.6 Å². The highest BCUT2D eigenvalue weighted by Gasteiger charge is 2.16. The smallest absolute Gasteiger partial charge is 0.224 e. The van der Waals surface area contributed by atoms with Gasteiger partial charge < -0.3 is 9.80 Å². The summed E-state index contributed by atoms with van der Waals surface area (Å²) < 4.78 is 0. The lowest BCUT2D eigenvalue weighted by atomic mass is 10.2. The second-order valence-electron chi connectivity index (χ2n) is 5.66. The van der Waals surface area contributed by atoms with Crippen LogP contribution in [-0.4, -0.2) is 41.2 Å². The standard InChI is InChI=1S/C18H27ClN2O2/c1-4-11-20(12-5-2)18(23)10-13-21(15(3)22)14-16-8-6-7-9-17(16)19/h6-9H,4-5,10-14H2,1-3H3. The minimum atomic E-state index is -0.0461. The van der Waals surface area contributed by atoms with Crippen molar-refractivity contribution in [2.75, 3.05) is 19.6 Å². The van der Waals surface area contributed by atoms with Gasteiger partial charge >= 0.3 is 0 Å². The maximum atomic E-state index is 12.3. The molecule has 0 unspecified atom stereocenters. The van der Waals surface area contributed by atoms with Gasteiger partial charge in [-0.1, -0.05) is 43.6 Å². The Kier molecular flexibility index (Phi) is 8.70. The van der Waals surface area contributed by atoms with Crippen LogP contribution in [0.2, 0.25) is 5.02 Å². The molecule has 0 saturated heterocycles. The molecule has 128 valence electrons. The molecule has 0 N–H and O–H groups in total. The number of amides is 2. The van der Waals surface area contributed by atoms with Gasteiger partial charge in [-0.25, -0.2) is 0 Å². The third kappa shape index (κ3) is 6.61. The third-order valence-electron chi connectivity index (χ3n) is 3.70. The van der Waals surface area contributed by atoms with E-state index in [-0.39, 0.29) is 11.8 Å². The summed E-state index contributed by atoms with van der Waals surface area (Å²) in [6.07, 6.45) is 2.24. The highest BCUT2D eigenvalue weighted by molar-refractivity contribution is 6.31. The number of hydrogen-bond donors (Lipinski definition) is 0. The Bertz CT molecular complexity index is 513. The zero-order valence-corrected chi connectivity index (χ0v) is 15.1. The monoisotopic (exact) mass is 338 g/mol. The van der Waals surface area contributed by atoms with E-state index in [0.29, 0.717) is 24.5 Å². The van der Waals surface area contributed by atoms with Crippen LogP contribution in [-0.2, 0) is 16.1 Å². The summed E-state index contributed by atoms with van der Waals surface area (Å²) in [6.45, 7) is 8.06. The molecule has 1 aromatic rings. The van der Waals surface area contributed by atoms with Gasteiger partial charge in [-0.15, -0.1) is 0 Å². The summed E-state index contributed by atoms with van der Waals surface area (Å²) in [5, 5.41) is 0.642. The van der Waals surface area contributed by atoms with E-state index in [2.05, 4.69) is 13.8 Å². The molecule has 0 bridgehead atoms. The number of carbonyl (C=O) groups is 2. The zero-order chi connectivity index (χ0) is 17.2. The van der Waals surface area contributed by atoms with Crippen LogP contribution in [0.25, 0.3) is 0 Å². The Balaban J connectivity index is 2.64. The first kappa shape index (κ1) is 19.5. The fourth-order valence-electron chi connectivity index (χ4n) is 2.47. The molecule has 0 heterocycles. The zero-order valence-electron chi connectivity index (χ0n) is 14.3. The summed E-state index contributed by atoms with van der Waals surface area (Å²) in [5.74, 6) is 0.0642. The Morgan fingerprint density at radius 1 is 1.00 bits per heavy atom. The molecule has 0 radical (unpaired) electrons. The molecule has 5 heteroatoms. The van der Waals surface area contributed by atoms with Crippen molar-refractivity contribution in [1.82, 2.24) is 9.80 Å². The molecule has 0 aliphatic heterocycles. The average Bonchev–Trinajstić information content (AvgIpc) is 2.52. The van der Waals surface area contributed by atoms with Gasteiger partial charge in [-0.05, 0) is 24.5 Å². The topological polar surface area (TPSA) is 40.6 Å². The lowest BCUT2D eigenvalue weighted by Crippen LogP contribution is -2.37. The third-order valence-corrected chi connectivity index (χ3v) is 4.07. The number of nitrogens with zero attached hydrogens (tertiary/aromatic N) is 2. The van der Waals surface area contributed by atoms with Crippen LogP contribution in [0, 0.1) is 0 Å². The minimum absolute atomic E-state index is 0.0461. The summed E-state index contributed by atoms with van der Waals surface area (Å²) in [7, 11) is 0. The van der Waals surface area contributed by atoms with E-state index in [9.17, 15) is 9.59 Å². The molecule has 0 saturated carbocycles. The molecular weight excluding hydrogens is 312 g/mol. The maximum Gasteiger partial charge on any atom is 0.224 e. The fourth-order valence-corrected chi connectivity index (χ4v) is 2.67. The molecule has 0 aliphatic carbocycles. The van der Waals surface area contributed by atoms with Gasteiger partial charge in [0, 0.05) is 44.5 Å². The molecule has 23 heavy (non-hydrogen) atoms. The van der Waals surface area contributed by atoms with Gasteiger partial charge in [-0.3, -0.25) is 9.59 Å². The summed E-state index contributed by atoms with van der Waals surface area (Å²) in [5.41, 5.74) is 0.899. The molecule has 2 amide bonds. The highest BCUT2D eigenvalue weighted by Crippen LogP contribution is 2.17. The molecule has 0 aliphatic rings. The first-order chi connectivity index (χ1) is 11.0. The van der Waals surface area contributed by atoms with Gasteiger partial charge in [0.25, 0.3) is 0 Å². The number of hydrogen-bond acceptors (Lipinski definition) is 2. The van der Waals surface area contributed by atoms with Crippen molar-refractivity contribution in [2.45, 2.75) is 46.6 Å². The Hall–Kier alpha value is -1.55. The average molecular weight is 339 g/mol. The fraction of sp³-hybridized carbons (Fsp3) is 0.556. The van der Waals surface area contributed by atoms with Gasteiger partial charge in [0.2, 0.25) is 11.8 Å². The van der Waals surface area contributed by atoms with Crippen LogP contribution in [0.1, 0.15) is 45.6 Å². The van der Waals surface area contributed by atoms with Crippen LogP contribution in [0.5, 0.6) is 0 Å². The van der Waals surface area contributed by atoms with Gasteiger partial charge in [0.15, 0.2) is 0 Å². The molecule has 0 spiro atoms. The summed E-state index contributed by atoms with van der Waals surface area (Å²) in [6, 6.07) is 7.47. The Morgan fingerprint density at radius 3 is 2.13 bits per heavy atom. The normalized spacial score (nSPS) is 10.4. The first-order valence-corrected chi connectivity index (χ1v) is 8.64. The molecule has 1 aromatic carbocycles. The van der Waals surface area contributed by atoms with Crippen molar-refractivity contribution < 1.29 is 9.59 Å². The number of halogens is 1. The largest absolute Gasteiger partial charge is 0.343 e. The molecule has 4 nitrogen and oxygen atoms in total. The van der Waals surface area contributed by atoms with Crippen molar-refractivity contribution in [2.24, 2.45) is 0 Å². The first-order valence-electron chi connectivity index (χ1n) is 8.26. The minimum Gasteiger partial charge on any atom is -0.343 e. The highest BCUT2D eigenvalue weighted by atomic mass is 35.5. The van der Waals surface area contributed by atoms with Crippen molar-refractivity contribution >= 4 is 23.4 Å². The SMILES string of the molecule is CCCN(CCC)C(=O)CCN(Cc1ccccc1Cl)C(C)=O. The summed E-state index contributed by atoms with van der Waals surface area (Å²) >= 11 is 6.16. The summed E-state index contributed by atoms with van der Waals surface area (Å²) in [4.78, 5) is 27.7. The van der Waals surface area contributed by atoms with Crippen LogP contribution in [0.3, 0.4) is 0 Å². The molecule has 0 atom stereocenters. The second kappa shape index (κ2) is 10.3. The van der Waals surface area contributed by atoms with E-state index >= 15 is 0 Å². The molecular formula is C18H27ClN2O2. The predicted molar refractivity (Wildman–Crippen MR) is 94.3 cm³/mol. The van der Waals surface area contributed by atoms with Gasteiger partial charge in [-0.2, -0.15) is 0 Å². The van der Waals surface area contributed by atoms with E-state index in [1.165, 1.54) is 6.92 Å².